The Balaban J connectivity index is 1.95. The molecule has 0 radical (unpaired) electrons. The molecule has 138 valence electrons. The van der Waals surface area contributed by atoms with Crippen LogP contribution in [0.4, 0.5) is 5.69 Å². The van der Waals surface area contributed by atoms with Gasteiger partial charge in [-0.3, -0.25) is 14.9 Å². The molecule has 0 spiro atoms. The summed E-state index contributed by atoms with van der Waals surface area (Å²) in [6.45, 7) is 1.74. The number of rotatable bonds is 7. The summed E-state index contributed by atoms with van der Waals surface area (Å²) >= 11 is 5.70. The maximum atomic E-state index is 12.1. The number of amides is 1. The van der Waals surface area contributed by atoms with Gasteiger partial charge in [-0.15, -0.1) is 0 Å². The fourth-order valence-corrected chi connectivity index (χ4v) is 3.30. The van der Waals surface area contributed by atoms with E-state index in [-0.39, 0.29) is 28.6 Å². The van der Waals surface area contributed by atoms with Crippen molar-refractivity contribution in [1.82, 2.24) is 10.0 Å². The number of benzene rings is 2. The van der Waals surface area contributed by atoms with Crippen LogP contribution in [0.15, 0.2) is 47.4 Å². The van der Waals surface area contributed by atoms with E-state index in [1.165, 1.54) is 24.3 Å². The van der Waals surface area contributed by atoms with E-state index in [1.807, 2.05) is 6.92 Å². The highest BCUT2D eigenvalue weighted by Gasteiger charge is 2.20. The zero-order valence-corrected chi connectivity index (χ0v) is 15.3. The molecule has 0 aromatic heterocycles. The largest absolute Gasteiger partial charge is 0.351 e. The molecule has 2 aromatic carbocycles. The third-order valence-corrected chi connectivity index (χ3v) is 5.15. The molecular formula is C16H16ClN3O5S. The van der Waals surface area contributed by atoms with Crippen LogP contribution in [0.2, 0.25) is 5.02 Å². The van der Waals surface area contributed by atoms with E-state index < -0.39 is 26.5 Å². The topological polar surface area (TPSA) is 118 Å². The van der Waals surface area contributed by atoms with Crippen molar-refractivity contribution in [3.05, 3.63) is 68.7 Å². The minimum absolute atomic E-state index is 0.0380. The number of carbonyl (C=O) groups is 1. The highest BCUT2D eigenvalue weighted by Crippen LogP contribution is 2.23. The number of nitro benzene ring substituents is 1. The molecule has 0 aliphatic carbocycles. The third kappa shape index (κ3) is 5.01. The van der Waals surface area contributed by atoms with Crippen LogP contribution in [0, 0.1) is 17.0 Å². The lowest BCUT2D eigenvalue weighted by Crippen LogP contribution is -2.34. The molecule has 8 nitrogen and oxygen atoms in total. The van der Waals surface area contributed by atoms with E-state index in [0.29, 0.717) is 0 Å². The van der Waals surface area contributed by atoms with Gasteiger partial charge in [0.1, 0.15) is 5.56 Å². The summed E-state index contributed by atoms with van der Waals surface area (Å²) in [5.74, 6) is -0.692. The van der Waals surface area contributed by atoms with Crippen molar-refractivity contribution in [3.63, 3.8) is 0 Å². The highest BCUT2D eigenvalue weighted by molar-refractivity contribution is 7.89. The Hall–Kier alpha value is -2.49. The third-order valence-electron chi connectivity index (χ3n) is 3.44. The first kappa shape index (κ1) is 19.8. The molecule has 0 saturated carbocycles. The maximum absolute atomic E-state index is 12.1. The van der Waals surface area contributed by atoms with Gasteiger partial charge in [0, 0.05) is 24.2 Å². The van der Waals surface area contributed by atoms with Crippen LogP contribution < -0.4 is 10.0 Å². The van der Waals surface area contributed by atoms with Crippen molar-refractivity contribution in [2.24, 2.45) is 0 Å². The van der Waals surface area contributed by atoms with Gasteiger partial charge in [-0.25, -0.2) is 13.1 Å². The van der Waals surface area contributed by atoms with Crippen molar-refractivity contribution in [2.75, 3.05) is 13.1 Å². The normalized spacial score (nSPS) is 11.2. The maximum Gasteiger partial charge on any atom is 0.283 e. The molecule has 1 amide bonds. The van der Waals surface area contributed by atoms with Gasteiger partial charge in [0.2, 0.25) is 10.0 Å². The van der Waals surface area contributed by atoms with Gasteiger partial charge in [-0.2, -0.15) is 0 Å². The predicted molar refractivity (Wildman–Crippen MR) is 96.8 cm³/mol. The van der Waals surface area contributed by atoms with E-state index in [9.17, 15) is 23.3 Å². The summed E-state index contributed by atoms with van der Waals surface area (Å²) < 4.78 is 26.6. The number of hydrogen-bond donors (Lipinski definition) is 2. The molecule has 2 aromatic rings. The van der Waals surface area contributed by atoms with Gasteiger partial charge in [-0.1, -0.05) is 29.3 Å². The zero-order valence-electron chi connectivity index (χ0n) is 13.7. The summed E-state index contributed by atoms with van der Waals surface area (Å²) in [5, 5.41) is 13.6. The summed E-state index contributed by atoms with van der Waals surface area (Å²) in [6.07, 6.45) is 0. The Morgan fingerprint density at radius 1 is 1.15 bits per heavy atom. The molecule has 26 heavy (non-hydrogen) atoms. The highest BCUT2D eigenvalue weighted by atomic mass is 35.5. The minimum atomic E-state index is -3.69. The standard InChI is InChI=1S/C16H16ClN3O5S/c1-11-2-5-13(6-3-11)26(24,25)19-9-8-18-16(21)14-7-4-12(17)10-15(14)20(22)23/h2-7,10,19H,8-9H2,1H3,(H,18,21). The molecule has 0 aliphatic rings. The predicted octanol–water partition coefficient (Wildman–Crippen LogP) is 2.26. The van der Waals surface area contributed by atoms with E-state index >= 15 is 0 Å². The first-order valence-corrected chi connectivity index (χ1v) is 9.35. The molecule has 0 bridgehead atoms. The second-order valence-corrected chi connectivity index (χ2v) is 7.59. The van der Waals surface area contributed by atoms with Crippen molar-refractivity contribution in [1.29, 1.82) is 0 Å². The number of halogens is 1. The summed E-state index contributed by atoms with van der Waals surface area (Å²) in [5.41, 5.74) is 0.358. The fourth-order valence-electron chi connectivity index (χ4n) is 2.11. The summed E-state index contributed by atoms with van der Waals surface area (Å²) in [7, 11) is -3.69. The second-order valence-electron chi connectivity index (χ2n) is 5.39. The van der Waals surface area contributed by atoms with E-state index in [4.69, 9.17) is 11.6 Å². The van der Waals surface area contributed by atoms with Gasteiger partial charge < -0.3 is 5.32 Å². The lowest BCUT2D eigenvalue weighted by atomic mass is 10.1. The van der Waals surface area contributed by atoms with E-state index in [0.717, 1.165) is 11.6 Å². The minimum Gasteiger partial charge on any atom is -0.351 e. The average molecular weight is 398 g/mol. The van der Waals surface area contributed by atoms with Crippen molar-refractivity contribution in [3.8, 4) is 0 Å². The summed E-state index contributed by atoms with van der Waals surface area (Å²) in [4.78, 5) is 22.5. The molecule has 2 N–H and O–H groups in total. The Morgan fingerprint density at radius 3 is 2.42 bits per heavy atom. The number of nitrogens with zero attached hydrogens (tertiary/aromatic N) is 1. The number of nitrogens with one attached hydrogen (secondary N) is 2. The molecule has 10 heteroatoms. The molecular weight excluding hydrogens is 382 g/mol. The number of aryl methyl sites for hydroxylation is 1. The Kier molecular flexibility index (Phi) is 6.30. The first-order chi connectivity index (χ1) is 12.2. The first-order valence-electron chi connectivity index (χ1n) is 7.49. The van der Waals surface area contributed by atoms with Crippen molar-refractivity contribution in [2.45, 2.75) is 11.8 Å². The summed E-state index contributed by atoms with van der Waals surface area (Å²) in [6, 6.07) is 10.00. The number of sulfonamides is 1. The Labute approximate surface area is 155 Å². The van der Waals surface area contributed by atoms with Gasteiger partial charge in [0.15, 0.2) is 0 Å². The van der Waals surface area contributed by atoms with E-state index in [1.54, 1.807) is 12.1 Å². The van der Waals surface area contributed by atoms with E-state index in [2.05, 4.69) is 10.0 Å². The number of carbonyl (C=O) groups excluding carboxylic acids is 1. The van der Waals surface area contributed by atoms with Crippen LogP contribution in [-0.2, 0) is 10.0 Å². The molecule has 0 fully saturated rings. The molecule has 0 aliphatic heterocycles. The molecule has 0 saturated heterocycles. The Morgan fingerprint density at radius 2 is 1.81 bits per heavy atom. The van der Waals surface area contributed by atoms with Crippen LogP contribution in [0.3, 0.4) is 0 Å². The van der Waals surface area contributed by atoms with Crippen LogP contribution in [-0.4, -0.2) is 32.3 Å². The van der Waals surface area contributed by atoms with Gasteiger partial charge in [-0.05, 0) is 31.2 Å². The number of hydrogen-bond acceptors (Lipinski definition) is 5. The smallest absolute Gasteiger partial charge is 0.283 e. The zero-order chi connectivity index (χ0) is 19.3. The second kappa shape index (κ2) is 8.26. The van der Waals surface area contributed by atoms with Crippen LogP contribution in [0.25, 0.3) is 0 Å². The molecule has 0 unspecified atom stereocenters. The molecule has 0 atom stereocenters. The van der Waals surface area contributed by atoms with Crippen molar-refractivity contribution < 1.29 is 18.1 Å². The lowest BCUT2D eigenvalue weighted by molar-refractivity contribution is -0.385. The Bertz CT molecular complexity index is 929. The van der Waals surface area contributed by atoms with Gasteiger partial charge >= 0.3 is 0 Å². The SMILES string of the molecule is Cc1ccc(S(=O)(=O)NCCNC(=O)c2ccc(Cl)cc2[N+](=O)[O-])cc1. The fraction of sp³-hybridized carbons (Fsp3) is 0.188. The molecule has 2 rings (SSSR count). The average Bonchev–Trinajstić information content (AvgIpc) is 2.58. The van der Waals surface area contributed by atoms with Crippen LogP contribution in [0.5, 0.6) is 0 Å². The van der Waals surface area contributed by atoms with Gasteiger partial charge in [0.05, 0.1) is 9.82 Å². The monoisotopic (exact) mass is 397 g/mol. The molecule has 0 heterocycles. The van der Waals surface area contributed by atoms with Gasteiger partial charge in [0.25, 0.3) is 11.6 Å². The van der Waals surface area contributed by atoms with Crippen molar-refractivity contribution >= 4 is 33.2 Å². The quantitative estimate of drug-likeness (QED) is 0.422. The van der Waals surface area contributed by atoms with Crippen LogP contribution in [0.1, 0.15) is 15.9 Å². The van der Waals surface area contributed by atoms with Crippen LogP contribution >= 0.6 is 11.6 Å². The lowest BCUT2D eigenvalue weighted by Gasteiger charge is -2.09. The number of nitro groups is 1.